The number of carbonyl (C=O) groups is 2. The molecular formula is C29H46N4O3. The molecule has 3 aliphatic rings. The molecule has 2 N–H and O–H groups in total. The van der Waals surface area contributed by atoms with E-state index in [-0.39, 0.29) is 24.0 Å². The molecule has 0 radical (unpaired) electrons. The highest BCUT2D eigenvalue weighted by atomic mass is 16.3. The van der Waals surface area contributed by atoms with Gasteiger partial charge in [0.25, 0.3) is 0 Å². The zero-order valence-electron chi connectivity index (χ0n) is 22.5. The molecule has 36 heavy (non-hydrogen) atoms. The number of piperidine rings is 2. The second-order valence-corrected chi connectivity index (χ2v) is 11.6. The number of likely N-dealkylation sites (tertiary alicyclic amines) is 2. The van der Waals surface area contributed by atoms with Gasteiger partial charge in [-0.1, -0.05) is 51.5 Å². The topological polar surface area (TPSA) is 76.1 Å². The van der Waals surface area contributed by atoms with Crippen LogP contribution in [0.5, 0.6) is 0 Å². The van der Waals surface area contributed by atoms with E-state index in [2.05, 4.69) is 60.2 Å². The third-order valence-corrected chi connectivity index (χ3v) is 8.33. The summed E-state index contributed by atoms with van der Waals surface area (Å²) in [7, 11) is 0. The lowest BCUT2D eigenvalue weighted by atomic mass is 9.80. The number of aliphatic hydroxyl groups is 1. The summed E-state index contributed by atoms with van der Waals surface area (Å²) in [6.07, 6.45) is 5.64. The van der Waals surface area contributed by atoms with E-state index >= 15 is 0 Å². The third kappa shape index (κ3) is 6.29. The molecule has 0 unspecified atom stereocenters. The van der Waals surface area contributed by atoms with E-state index in [0.29, 0.717) is 31.7 Å². The summed E-state index contributed by atoms with van der Waals surface area (Å²) in [5.74, 6) is 0.532. The average Bonchev–Trinajstić information content (AvgIpc) is 2.86. The Morgan fingerprint density at radius 3 is 2.06 bits per heavy atom. The number of aliphatic hydroxyl groups excluding tert-OH is 1. The quantitative estimate of drug-likeness (QED) is 0.547. The zero-order valence-corrected chi connectivity index (χ0v) is 22.5. The highest BCUT2D eigenvalue weighted by Crippen LogP contribution is 2.34. The lowest BCUT2D eigenvalue weighted by Crippen LogP contribution is -2.73. The number of piperazine rings is 1. The SMILES string of the molecule is CCCCN1C(=O)[C@H](CC(C)C)NC(=O)C12CCN(Cc1ccc(CN3CCC(O)CC3)cc1)CC2. The lowest BCUT2D eigenvalue weighted by molar-refractivity contribution is -0.161. The van der Waals surface area contributed by atoms with Gasteiger partial charge >= 0.3 is 0 Å². The first-order valence-electron chi connectivity index (χ1n) is 14.1. The van der Waals surface area contributed by atoms with E-state index in [9.17, 15) is 14.7 Å². The van der Waals surface area contributed by atoms with Crippen molar-refractivity contribution < 1.29 is 14.7 Å². The largest absolute Gasteiger partial charge is 0.393 e. The number of hydrogen-bond donors (Lipinski definition) is 2. The van der Waals surface area contributed by atoms with Crippen molar-refractivity contribution in [2.45, 2.75) is 96.5 Å². The second kappa shape index (κ2) is 12.1. The molecule has 1 aromatic carbocycles. The summed E-state index contributed by atoms with van der Waals surface area (Å²) in [5, 5.41) is 12.8. The van der Waals surface area contributed by atoms with E-state index in [1.54, 1.807) is 0 Å². The molecule has 7 nitrogen and oxygen atoms in total. The van der Waals surface area contributed by atoms with Gasteiger partial charge in [0.2, 0.25) is 11.8 Å². The number of carbonyl (C=O) groups excluding carboxylic acids is 2. The summed E-state index contributed by atoms with van der Waals surface area (Å²) in [6, 6.07) is 8.51. The van der Waals surface area contributed by atoms with Gasteiger partial charge in [-0.05, 0) is 55.6 Å². The maximum Gasteiger partial charge on any atom is 0.246 e. The Balaban J connectivity index is 1.34. The minimum absolute atomic E-state index is 0.0538. The minimum Gasteiger partial charge on any atom is -0.393 e. The van der Waals surface area contributed by atoms with Crippen molar-refractivity contribution in [2.75, 3.05) is 32.7 Å². The van der Waals surface area contributed by atoms with Crippen molar-refractivity contribution in [2.24, 2.45) is 5.92 Å². The third-order valence-electron chi connectivity index (χ3n) is 8.33. The van der Waals surface area contributed by atoms with Crippen LogP contribution in [-0.4, -0.2) is 82.0 Å². The molecule has 3 heterocycles. The number of benzene rings is 1. The van der Waals surface area contributed by atoms with Crippen LogP contribution in [0.25, 0.3) is 0 Å². The van der Waals surface area contributed by atoms with Gasteiger partial charge in [0.15, 0.2) is 0 Å². The molecule has 3 fully saturated rings. The van der Waals surface area contributed by atoms with E-state index < -0.39 is 5.54 Å². The summed E-state index contributed by atoms with van der Waals surface area (Å²) < 4.78 is 0. The molecule has 0 bridgehead atoms. The van der Waals surface area contributed by atoms with Gasteiger partial charge in [-0.3, -0.25) is 19.4 Å². The molecule has 3 saturated heterocycles. The van der Waals surface area contributed by atoms with E-state index in [0.717, 1.165) is 65.0 Å². The van der Waals surface area contributed by atoms with Crippen molar-refractivity contribution >= 4 is 11.8 Å². The van der Waals surface area contributed by atoms with Crippen LogP contribution >= 0.6 is 0 Å². The Morgan fingerprint density at radius 1 is 0.972 bits per heavy atom. The van der Waals surface area contributed by atoms with Gasteiger partial charge < -0.3 is 15.3 Å². The highest BCUT2D eigenvalue weighted by Gasteiger charge is 2.53. The molecule has 3 aliphatic heterocycles. The molecule has 4 rings (SSSR count). The minimum atomic E-state index is -0.692. The number of rotatable bonds is 9. The fourth-order valence-electron chi connectivity index (χ4n) is 6.07. The number of unbranched alkanes of at least 4 members (excludes halogenated alkanes) is 1. The van der Waals surface area contributed by atoms with Crippen LogP contribution in [0.3, 0.4) is 0 Å². The summed E-state index contributed by atoms with van der Waals surface area (Å²) in [5.41, 5.74) is 1.91. The maximum atomic E-state index is 13.4. The molecule has 1 spiro atoms. The van der Waals surface area contributed by atoms with E-state index in [4.69, 9.17) is 0 Å². The first-order chi connectivity index (χ1) is 17.3. The molecule has 0 aliphatic carbocycles. The van der Waals surface area contributed by atoms with Gasteiger partial charge in [0.05, 0.1) is 6.10 Å². The van der Waals surface area contributed by atoms with Gasteiger partial charge in [-0.25, -0.2) is 0 Å². The van der Waals surface area contributed by atoms with Crippen LogP contribution in [-0.2, 0) is 22.7 Å². The van der Waals surface area contributed by atoms with Gasteiger partial charge in [0.1, 0.15) is 11.6 Å². The molecular weight excluding hydrogens is 452 g/mol. The second-order valence-electron chi connectivity index (χ2n) is 11.6. The summed E-state index contributed by atoms with van der Waals surface area (Å²) in [6.45, 7) is 12.4. The fraction of sp³-hybridized carbons (Fsp3) is 0.724. The highest BCUT2D eigenvalue weighted by molar-refractivity contribution is 6.00. The Bertz CT molecular complexity index is 871. The standard InChI is InChI=1S/C29H46N4O3/c1-4-5-14-33-27(35)26(19-22(2)3)30-28(36)29(33)12-17-32(18-13-29)21-24-8-6-23(7-9-24)20-31-15-10-25(34)11-16-31/h6-9,22,25-26,34H,4-5,10-21H2,1-3H3,(H,30,36)/t26-/m0/s1. The zero-order chi connectivity index (χ0) is 25.7. The molecule has 200 valence electrons. The number of hydrogen-bond acceptors (Lipinski definition) is 5. The van der Waals surface area contributed by atoms with E-state index in [1.807, 2.05) is 4.90 Å². The van der Waals surface area contributed by atoms with Crippen LogP contribution in [0, 0.1) is 5.92 Å². The van der Waals surface area contributed by atoms with Crippen LogP contribution in [0.1, 0.15) is 76.8 Å². The smallest absolute Gasteiger partial charge is 0.246 e. The normalized spacial score (nSPS) is 24.0. The predicted octanol–water partition coefficient (Wildman–Crippen LogP) is 3.15. The van der Waals surface area contributed by atoms with Crippen molar-refractivity contribution in [3.63, 3.8) is 0 Å². The molecule has 1 aromatic rings. The van der Waals surface area contributed by atoms with Crippen LogP contribution in [0.4, 0.5) is 0 Å². The molecule has 1 atom stereocenters. The fourth-order valence-corrected chi connectivity index (χ4v) is 6.07. The van der Waals surface area contributed by atoms with Crippen molar-refractivity contribution in [3.05, 3.63) is 35.4 Å². The molecule has 0 aromatic heterocycles. The monoisotopic (exact) mass is 498 g/mol. The Hall–Kier alpha value is -1.96. The average molecular weight is 499 g/mol. The Morgan fingerprint density at radius 2 is 1.53 bits per heavy atom. The summed E-state index contributed by atoms with van der Waals surface area (Å²) >= 11 is 0. The Kier molecular flexibility index (Phi) is 9.07. The maximum absolute atomic E-state index is 13.4. The van der Waals surface area contributed by atoms with Gasteiger partial charge in [-0.2, -0.15) is 0 Å². The molecule has 0 saturated carbocycles. The number of amides is 2. The molecule has 2 amide bonds. The first-order valence-corrected chi connectivity index (χ1v) is 14.1. The Labute approximate surface area is 217 Å². The van der Waals surface area contributed by atoms with Crippen molar-refractivity contribution in [3.8, 4) is 0 Å². The van der Waals surface area contributed by atoms with Crippen LogP contribution in [0.15, 0.2) is 24.3 Å². The van der Waals surface area contributed by atoms with E-state index in [1.165, 1.54) is 11.1 Å². The first kappa shape index (κ1) is 27.1. The number of nitrogens with one attached hydrogen (secondary N) is 1. The van der Waals surface area contributed by atoms with Crippen molar-refractivity contribution in [1.29, 1.82) is 0 Å². The van der Waals surface area contributed by atoms with Crippen molar-refractivity contribution in [1.82, 2.24) is 20.0 Å². The number of nitrogens with zero attached hydrogens (tertiary/aromatic N) is 3. The summed E-state index contributed by atoms with van der Waals surface area (Å²) in [4.78, 5) is 33.6. The van der Waals surface area contributed by atoms with Crippen LogP contribution < -0.4 is 5.32 Å². The molecule has 7 heteroatoms. The lowest BCUT2D eigenvalue weighted by Gasteiger charge is -2.52. The van der Waals surface area contributed by atoms with Gasteiger partial charge in [-0.15, -0.1) is 0 Å². The van der Waals surface area contributed by atoms with Gasteiger partial charge in [0, 0.05) is 45.8 Å². The predicted molar refractivity (Wildman–Crippen MR) is 142 cm³/mol. The van der Waals surface area contributed by atoms with Crippen LogP contribution in [0.2, 0.25) is 0 Å².